The molecule has 0 bridgehead atoms. The average Bonchev–Trinajstić information content (AvgIpc) is 3.04. The van der Waals surface area contributed by atoms with Gasteiger partial charge in [-0.15, -0.1) is 0 Å². The summed E-state index contributed by atoms with van der Waals surface area (Å²) in [5, 5.41) is 15.4. The number of carbonyl (C=O) groups excluding carboxylic acids is 1. The summed E-state index contributed by atoms with van der Waals surface area (Å²) in [5.41, 5.74) is 2.89. The van der Waals surface area contributed by atoms with E-state index in [2.05, 4.69) is 5.10 Å². The van der Waals surface area contributed by atoms with E-state index in [0.29, 0.717) is 35.4 Å². The molecule has 1 aromatic heterocycles. The standard InChI is InChI=1S/C25H35N3O6S/c1-10-16(6)35(32,33)34-25-23(19(9)26-27(25)13-14(2)3)24(29)20-11-12-21(28(30)31)22(18(20)8)17(7)15(4)5/h11-12,14,16H,10,13H2,1-9H3. The lowest BCUT2D eigenvalue weighted by Crippen LogP contribution is -2.25. The molecular formula is C25H35N3O6S. The van der Waals surface area contributed by atoms with Crippen LogP contribution in [0, 0.1) is 29.9 Å². The minimum Gasteiger partial charge on any atom is -0.361 e. The van der Waals surface area contributed by atoms with E-state index in [1.54, 1.807) is 34.6 Å². The number of aryl methyl sites for hydroxylation is 1. The second-order valence-corrected chi connectivity index (χ2v) is 11.4. The quantitative estimate of drug-likeness (QED) is 0.178. The molecule has 9 nitrogen and oxygen atoms in total. The number of aromatic nitrogens is 2. The number of nitro benzene ring substituents is 1. The Morgan fingerprint density at radius 2 is 1.74 bits per heavy atom. The minimum absolute atomic E-state index is 0.0373. The van der Waals surface area contributed by atoms with Crippen molar-refractivity contribution >= 4 is 27.2 Å². The summed E-state index contributed by atoms with van der Waals surface area (Å²) in [4.78, 5) is 25.1. The molecule has 1 heterocycles. The number of rotatable bonds is 10. The van der Waals surface area contributed by atoms with Crippen molar-refractivity contribution in [3.63, 3.8) is 0 Å². The highest BCUT2D eigenvalue weighted by atomic mass is 32.2. The Hall–Kier alpha value is -3.01. The van der Waals surface area contributed by atoms with Crippen LogP contribution in [0.1, 0.15) is 87.6 Å². The molecule has 0 spiro atoms. The SMILES string of the molecule is CCC(C)S(=O)(=O)Oc1c(C(=O)c2ccc([N+](=O)[O-])c(C(C)=C(C)C)c2C)c(C)nn1CC(C)C. The zero-order chi connectivity index (χ0) is 26.8. The largest absolute Gasteiger partial charge is 0.361 e. The van der Waals surface area contributed by atoms with Gasteiger partial charge in [-0.25, -0.2) is 4.68 Å². The third kappa shape index (κ3) is 5.80. The number of hydrogen-bond donors (Lipinski definition) is 0. The lowest BCUT2D eigenvalue weighted by Gasteiger charge is -2.16. The fraction of sp³-hybridized carbons (Fsp3) is 0.520. The van der Waals surface area contributed by atoms with Crippen molar-refractivity contribution in [1.82, 2.24) is 9.78 Å². The third-order valence-electron chi connectivity index (χ3n) is 6.12. The van der Waals surface area contributed by atoms with Crippen molar-refractivity contribution < 1.29 is 22.3 Å². The molecule has 10 heteroatoms. The normalized spacial score (nSPS) is 12.5. The van der Waals surface area contributed by atoms with Gasteiger partial charge >= 0.3 is 10.1 Å². The van der Waals surface area contributed by atoms with Crippen LogP contribution in [-0.2, 0) is 16.7 Å². The summed E-state index contributed by atoms with van der Waals surface area (Å²) in [6, 6.07) is 2.72. The Balaban J connectivity index is 2.81. The molecular weight excluding hydrogens is 470 g/mol. The van der Waals surface area contributed by atoms with Crippen LogP contribution in [-0.4, -0.2) is 34.2 Å². The predicted octanol–water partition coefficient (Wildman–Crippen LogP) is 5.62. The molecule has 2 rings (SSSR count). The fourth-order valence-electron chi connectivity index (χ4n) is 3.73. The molecule has 0 fully saturated rings. The molecule has 0 N–H and O–H groups in total. The lowest BCUT2D eigenvalue weighted by atomic mass is 9.90. The molecule has 0 radical (unpaired) electrons. The first-order chi connectivity index (χ1) is 16.1. The molecule has 0 aliphatic carbocycles. The molecule has 0 amide bonds. The fourth-order valence-corrected chi connectivity index (χ4v) is 4.69. The zero-order valence-electron chi connectivity index (χ0n) is 21.9. The first-order valence-electron chi connectivity index (χ1n) is 11.6. The number of benzene rings is 1. The van der Waals surface area contributed by atoms with E-state index in [4.69, 9.17) is 4.18 Å². The number of hydrogen-bond acceptors (Lipinski definition) is 7. The summed E-state index contributed by atoms with van der Waals surface area (Å²) >= 11 is 0. The Morgan fingerprint density at radius 3 is 2.23 bits per heavy atom. The van der Waals surface area contributed by atoms with E-state index in [9.17, 15) is 23.3 Å². The van der Waals surface area contributed by atoms with Crippen molar-refractivity contribution in [3.05, 3.63) is 55.8 Å². The average molecular weight is 506 g/mol. The van der Waals surface area contributed by atoms with Gasteiger partial charge in [0, 0.05) is 18.2 Å². The summed E-state index contributed by atoms with van der Waals surface area (Å²) < 4.78 is 32.6. The van der Waals surface area contributed by atoms with Crippen LogP contribution >= 0.6 is 0 Å². The van der Waals surface area contributed by atoms with E-state index in [1.165, 1.54) is 16.8 Å². The van der Waals surface area contributed by atoms with Gasteiger partial charge in [0.05, 0.1) is 21.4 Å². The molecule has 192 valence electrons. The minimum atomic E-state index is -4.02. The van der Waals surface area contributed by atoms with Gasteiger partial charge in [0.1, 0.15) is 5.56 Å². The van der Waals surface area contributed by atoms with E-state index in [0.717, 1.165) is 5.57 Å². The smallest absolute Gasteiger partial charge is 0.313 e. The van der Waals surface area contributed by atoms with E-state index in [-0.39, 0.29) is 28.6 Å². The summed E-state index contributed by atoms with van der Waals surface area (Å²) in [7, 11) is -4.02. The van der Waals surface area contributed by atoms with Gasteiger partial charge in [-0.3, -0.25) is 14.9 Å². The molecule has 1 aromatic carbocycles. The van der Waals surface area contributed by atoms with Crippen LogP contribution in [0.25, 0.3) is 5.57 Å². The Bertz CT molecular complexity index is 1280. The van der Waals surface area contributed by atoms with Crippen molar-refractivity contribution in [1.29, 1.82) is 0 Å². The molecule has 1 atom stereocenters. The van der Waals surface area contributed by atoms with Crippen LogP contribution < -0.4 is 4.18 Å². The van der Waals surface area contributed by atoms with Gasteiger partial charge in [0.25, 0.3) is 5.69 Å². The highest BCUT2D eigenvalue weighted by Gasteiger charge is 2.32. The number of nitro groups is 1. The maximum absolute atomic E-state index is 13.8. The molecule has 1 unspecified atom stereocenters. The topological polar surface area (TPSA) is 121 Å². The van der Waals surface area contributed by atoms with Crippen LogP contribution in [0.3, 0.4) is 0 Å². The van der Waals surface area contributed by atoms with Crippen LogP contribution in [0.2, 0.25) is 0 Å². The second-order valence-electron chi connectivity index (χ2n) is 9.48. The molecule has 0 aliphatic heterocycles. The summed E-state index contributed by atoms with van der Waals surface area (Å²) in [6.07, 6.45) is 0.343. The number of carbonyl (C=O) groups is 1. The highest BCUT2D eigenvalue weighted by Crippen LogP contribution is 2.36. The molecule has 0 aliphatic rings. The number of ketones is 1. The van der Waals surface area contributed by atoms with E-state index in [1.807, 2.05) is 27.7 Å². The van der Waals surface area contributed by atoms with Crippen molar-refractivity contribution in [2.45, 2.75) is 80.5 Å². The van der Waals surface area contributed by atoms with E-state index < -0.39 is 26.1 Å². The van der Waals surface area contributed by atoms with Crippen LogP contribution in [0.15, 0.2) is 17.7 Å². The second kappa shape index (κ2) is 10.7. The molecule has 0 saturated heterocycles. The maximum Gasteiger partial charge on any atom is 0.313 e. The highest BCUT2D eigenvalue weighted by molar-refractivity contribution is 7.87. The summed E-state index contributed by atoms with van der Waals surface area (Å²) in [5.74, 6) is -0.513. The number of allylic oxidation sites excluding steroid dienone is 2. The number of nitrogens with zero attached hydrogens (tertiary/aromatic N) is 3. The van der Waals surface area contributed by atoms with E-state index >= 15 is 0 Å². The Labute approximate surface area is 207 Å². The predicted molar refractivity (Wildman–Crippen MR) is 136 cm³/mol. The molecule has 35 heavy (non-hydrogen) atoms. The van der Waals surface area contributed by atoms with Crippen molar-refractivity contribution in [2.24, 2.45) is 5.92 Å². The summed E-state index contributed by atoms with van der Waals surface area (Å²) in [6.45, 7) is 16.3. The monoisotopic (exact) mass is 505 g/mol. The lowest BCUT2D eigenvalue weighted by molar-refractivity contribution is -0.385. The van der Waals surface area contributed by atoms with Crippen LogP contribution in [0.4, 0.5) is 5.69 Å². The van der Waals surface area contributed by atoms with Gasteiger partial charge in [-0.1, -0.05) is 26.3 Å². The third-order valence-corrected chi connectivity index (χ3v) is 7.83. The molecule has 2 aromatic rings. The Morgan fingerprint density at radius 1 is 1.14 bits per heavy atom. The van der Waals surface area contributed by atoms with Gasteiger partial charge in [0.2, 0.25) is 11.7 Å². The first kappa shape index (κ1) is 28.2. The Kier molecular flexibility index (Phi) is 8.65. The van der Waals surface area contributed by atoms with Crippen LogP contribution in [0.5, 0.6) is 5.88 Å². The molecule has 0 saturated carbocycles. The van der Waals surface area contributed by atoms with Gasteiger partial charge in [-0.05, 0) is 71.1 Å². The van der Waals surface area contributed by atoms with Gasteiger partial charge < -0.3 is 4.18 Å². The van der Waals surface area contributed by atoms with Crippen molar-refractivity contribution in [3.8, 4) is 5.88 Å². The van der Waals surface area contributed by atoms with Crippen molar-refractivity contribution in [2.75, 3.05) is 0 Å². The first-order valence-corrected chi connectivity index (χ1v) is 13.1. The zero-order valence-corrected chi connectivity index (χ0v) is 22.7. The maximum atomic E-state index is 13.8. The van der Waals surface area contributed by atoms with Gasteiger partial charge in [0.15, 0.2) is 0 Å². The van der Waals surface area contributed by atoms with Gasteiger partial charge in [-0.2, -0.15) is 13.5 Å².